The highest BCUT2D eigenvalue weighted by Crippen LogP contribution is 2.49. The van der Waals surface area contributed by atoms with Crippen LogP contribution in [0.1, 0.15) is 24.8 Å². The highest BCUT2D eigenvalue weighted by atomic mass is 19.1. The molecule has 1 aromatic carbocycles. The third-order valence-corrected chi connectivity index (χ3v) is 4.71. The summed E-state index contributed by atoms with van der Waals surface area (Å²) in [6.07, 6.45) is 1.10. The number of primary amides is 1. The van der Waals surface area contributed by atoms with E-state index in [0.29, 0.717) is 19.4 Å². The number of β-amino-alcohol motifs (C(OH)–C–C–N with tert-alkyl or cyclic N) is 1. The molecule has 1 aromatic rings. The Bertz CT molecular complexity index is 644. The lowest BCUT2D eigenvalue weighted by Crippen LogP contribution is -2.50. The fourth-order valence-corrected chi connectivity index (χ4v) is 3.34. The molecule has 2 fully saturated rings. The predicted octanol–water partition coefficient (Wildman–Crippen LogP) is 0.323. The van der Waals surface area contributed by atoms with Crippen LogP contribution in [0, 0.1) is 5.82 Å². The molecular formula is C17H21FN2O4. The van der Waals surface area contributed by atoms with Gasteiger partial charge >= 0.3 is 0 Å². The van der Waals surface area contributed by atoms with Crippen molar-refractivity contribution in [3.05, 3.63) is 35.6 Å². The molecule has 1 saturated carbocycles. The van der Waals surface area contributed by atoms with Crippen LogP contribution in [0.2, 0.25) is 0 Å². The fraction of sp³-hybridized carbons (Fsp3) is 0.529. The van der Waals surface area contributed by atoms with Crippen LogP contribution >= 0.6 is 0 Å². The number of nitrogens with zero attached hydrogens (tertiary/aromatic N) is 1. The Labute approximate surface area is 139 Å². The summed E-state index contributed by atoms with van der Waals surface area (Å²) < 4.78 is 18.5. The molecule has 2 aliphatic rings. The van der Waals surface area contributed by atoms with E-state index in [-0.39, 0.29) is 37.9 Å². The van der Waals surface area contributed by atoms with Crippen molar-refractivity contribution >= 4 is 11.8 Å². The fourth-order valence-electron chi connectivity index (χ4n) is 3.34. The minimum absolute atomic E-state index is 0.00226. The maximum atomic E-state index is 13.1. The third-order valence-electron chi connectivity index (χ3n) is 4.71. The number of carbonyl (C=O) groups excluding carboxylic acids is 2. The number of halogens is 1. The lowest BCUT2D eigenvalue weighted by Gasteiger charge is -2.32. The van der Waals surface area contributed by atoms with E-state index < -0.39 is 16.9 Å². The average molecular weight is 336 g/mol. The van der Waals surface area contributed by atoms with Crippen molar-refractivity contribution in [3.8, 4) is 0 Å². The number of ether oxygens (including phenoxy) is 1. The number of aliphatic hydroxyl groups is 1. The highest BCUT2D eigenvalue weighted by molar-refractivity contribution is 5.91. The zero-order valence-electron chi connectivity index (χ0n) is 13.3. The normalized spacial score (nSPS) is 25.8. The maximum Gasteiger partial charge on any atom is 0.233 e. The molecule has 0 radical (unpaired) electrons. The first-order valence-electron chi connectivity index (χ1n) is 7.99. The molecule has 1 aliphatic carbocycles. The van der Waals surface area contributed by atoms with Gasteiger partial charge in [0.15, 0.2) is 0 Å². The molecular weight excluding hydrogens is 315 g/mol. The zero-order chi connectivity index (χ0) is 17.4. The molecule has 1 saturated heterocycles. The van der Waals surface area contributed by atoms with Gasteiger partial charge in [0.1, 0.15) is 11.4 Å². The molecule has 0 bridgehead atoms. The van der Waals surface area contributed by atoms with E-state index in [1.165, 1.54) is 17.0 Å². The average Bonchev–Trinajstić information content (AvgIpc) is 3.32. The number of carbonyl (C=O) groups is 2. The van der Waals surface area contributed by atoms with Gasteiger partial charge in [-0.1, -0.05) is 12.1 Å². The van der Waals surface area contributed by atoms with Crippen LogP contribution in [-0.4, -0.2) is 53.7 Å². The van der Waals surface area contributed by atoms with Crippen molar-refractivity contribution in [1.29, 1.82) is 0 Å². The Balaban J connectivity index is 1.80. The van der Waals surface area contributed by atoms with Gasteiger partial charge in [0.25, 0.3) is 0 Å². The number of hydrogen-bond donors (Lipinski definition) is 2. The number of amides is 2. The molecule has 6 nitrogen and oxygen atoms in total. The van der Waals surface area contributed by atoms with Crippen molar-refractivity contribution in [2.45, 2.75) is 30.3 Å². The summed E-state index contributed by atoms with van der Waals surface area (Å²) in [4.78, 5) is 25.8. The van der Waals surface area contributed by atoms with Crippen molar-refractivity contribution in [2.24, 2.45) is 5.73 Å². The number of rotatable bonds is 4. The van der Waals surface area contributed by atoms with E-state index in [9.17, 15) is 19.1 Å². The second kappa shape index (κ2) is 6.14. The first-order chi connectivity index (χ1) is 11.3. The Kier molecular flexibility index (Phi) is 4.31. The minimum Gasteiger partial charge on any atom is -0.385 e. The van der Waals surface area contributed by atoms with Gasteiger partial charge in [0, 0.05) is 6.54 Å². The van der Waals surface area contributed by atoms with Crippen molar-refractivity contribution in [3.63, 3.8) is 0 Å². The van der Waals surface area contributed by atoms with E-state index >= 15 is 0 Å². The summed E-state index contributed by atoms with van der Waals surface area (Å²) in [5.74, 6) is -1.11. The van der Waals surface area contributed by atoms with Crippen LogP contribution in [0.15, 0.2) is 24.3 Å². The Hall–Kier alpha value is -1.99. The molecule has 1 heterocycles. The lowest BCUT2D eigenvalue weighted by atomic mass is 9.93. The van der Waals surface area contributed by atoms with Gasteiger partial charge in [-0.2, -0.15) is 0 Å². The molecule has 24 heavy (non-hydrogen) atoms. The van der Waals surface area contributed by atoms with Crippen LogP contribution in [0.5, 0.6) is 0 Å². The number of nitrogens with two attached hydrogens (primary N) is 1. The molecule has 3 rings (SSSR count). The summed E-state index contributed by atoms with van der Waals surface area (Å²) in [5.41, 5.74) is 3.83. The first-order valence-corrected chi connectivity index (χ1v) is 7.99. The summed E-state index contributed by atoms with van der Waals surface area (Å²) in [6, 6.07) is 5.95. The quantitative estimate of drug-likeness (QED) is 0.828. The SMILES string of the molecule is NC(=O)C[C@]1(O)COCCN(C(=O)C2(c3ccc(F)cc3)CC2)C1. The van der Waals surface area contributed by atoms with E-state index in [1.807, 2.05) is 0 Å². The largest absolute Gasteiger partial charge is 0.385 e. The Morgan fingerprint density at radius 2 is 1.96 bits per heavy atom. The van der Waals surface area contributed by atoms with E-state index in [2.05, 4.69) is 0 Å². The number of benzene rings is 1. The minimum atomic E-state index is -1.48. The van der Waals surface area contributed by atoms with Gasteiger partial charge in [-0.05, 0) is 30.5 Å². The van der Waals surface area contributed by atoms with Gasteiger partial charge in [-0.3, -0.25) is 9.59 Å². The van der Waals surface area contributed by atoms with Crippen molar-refractivity contribution in [2.75, 3.05) is 26.3 Å². The van der Waals surface area contributed by atoms with Gasteiger partial charge in [0.2, 0.25) is 11.8 Å². The smallest absolute Gasteiger partial charge is 0.233 e. The van der Waals surface area contributed by atoms with E-state index in [4.69, 9.17) is 10.5 Å². The second-order valence-corrected chi connectivity index (χ2v) is 6.74. The predicted molar refractivity (Wildman–Crippen MR) is 83.5 cm³/mol. The van der Waals surface area contributed by atoms with Gasteiger partial charge < -0.3 is 20.5 Å². The van der Waals surface area contributed by atoms with Crippen molar-refractivity contribution < 1.29 is 23.8 Å². The molecule has 3 N–H and O–H groups in total. The first kappa shape index (κ1) is 16.9. The molecule has 1 aliphatic heterocycles. The summed E-state index contributed by atoms with van der Waals surface area (Å²) >= 11 is 0. The second-order valence-electron chi connectivity index (χ2n) is 6.74. The molecule has 0 unspecified atom stereocenters. The zero-order valence-corrected chi connectivity index (χ0v) is 13.3. The lowest BCUT2D eigenvalue weighted by molar-refractivity contribution is -0.139. The third kappa shape index (κ3) is 3.27. The summed E-state index contributed by atoms with van der Waals surface area (Å²) in [6.45, 7) is 0.580. The highest BCUT2D eigenvalue weighted by Gasteiger charge is 2.54. The molecule has 0 spiro atoms. The van der Waals surface area contributed by atoms with Crippen LogP contribution in [0.3, 0.4) is 0 Å². The molecule has 0 aromatic heterocycles. The van der Waals surface area contributed by atoms with Crippen LogP contribution in [0.25, 0.3) is 0 Å². The monoisotopic (exact) mass is 336 g/mol. The van der Waals surface area contributed by atoms with Crippen LogP contribution in [-0.2, 0) is 19.7 Å². The molecule has 130 valence electrons. The summed E-state index contributed by atoms with van der Waals surface area (Å²) in [7, 11) is 0. The van der Waals surface area contributed by atoms with Gasteiger partial charge in [-0.15, -0.1) is 0 Å². The van der Waals surface area contributed by atoms with Crippen LogP contribution < -0.4 is 5.73 Å². The van der Waals surface area contributed by atoms with Gasteiger partial charge in [-0.25, -0.2) is 4.39 Å². The standard InChI is InChI=1S/C17H21FN2O4/c18-13-3-1-12(2-4-13)17(5-6-17)15(22)20-7-8-24-11-16(23,10-20)9-14(19)21/h1-4,23H,5-11H2,(H2,19,21)/t16-/m1/s1. The number of hydrogen-bond acceptors (Lipinski definition) is 4. The molecule has 1 atom stereocenters. The van der Waals surface area contributed by atoms with Crippen LogP contribution in [0.4, 0.5) is 4.39 Å². The van der Waals surface area contributed by atoms with E-state index in [1.54, 1.807) is 12.1 Å². The van der Waals surface area contributed by atoms with Gasteiger partial charge in [0.05, 0.1) is 31.6 Å². The van der Waals surface area contributed by atoms with Crippen molar-refractivity contribution in [1.82, 2.24) is 4.90 Å². The van der Waals surface area contributed by atoms with E-state index in [0.717, 1.165) is 5.56 Å². The Morgan fingerprint density at radius 3 is 2.54 bits per heavy atom. The molecule has 2 amide bonds. The Morgan fingerprint density at radius 1 is 1.29 bits per heavy atom. The maximum absolute atomic E-state index is 13.1. The summed E-state index contributed by atoms with van der Waals surface area (Å²) in [5, 5.41) is 10.6. The molecule has 7 heteroatoms. The topological polar surface area (TPSA) is 92.9 Å².